The number of amides is 2. The van der Waals surface area contributed by atoms with Crippen LogP contribution in [0.25, 0.3) is 0 Å². The summed E-state index contributed by atoms with van der Waals surface area (Å²) in [7, 11) is 0. The highest BCUT2D eigenvalue weighted by atomic mass is 16.5. The topological polar surface area (TPSA) is 81.4 Å². The Morgan fingerprint density at radius 1 is 1.14 bits per heavy atom. The van der Waals surface area contributed by atoms with Crippen LogP contribution in [0.1, 0.15) is 22.8 Å². The largest absolute Gasteiger partial charge is 0.489 e. The van der Waals surface area contributed by atoms with Crippen molar-refractivity contribution in [3.63, 3.8) is 0 Å². The molecule has 0 unspecified atom stereocenters. The van der Waals surface area contributed by atoms with Gasteiger partial charge in [-0.15, -0.1) is 0 Å². The molecule has 0 saturated carbocycles. The van der Waals surface area contributed by atoms with Gasteiger partial charge < -0.3 is 15.8 Å². The number of nitrogens with one attached hydrogen (secondary N) is 1. The molecule has 0 saturated heterocycles. The van der Waals surface area contributed by atoms with E-state index in [2.05, 4.69) is 5.32 Å². The summed E-state index contributed by atoms with van der Waals surface area (Å²) in [4.78, 5) is 22.0. The number of ether oxygens (including phenoxy) is 1. The van der Waals surface area contributed by atoms with Crippen LogP contribution < -0.4 is 15.8 Å². The van der Waals surface area contributed by atoms with Crippen molar-refractivity contribution in [2.45, 2.75) is 13.5 Å². The Labute approximate surface area is 122 Å². The molecule has 21 heavy (non-hydrogen) atoms. The average molecular weight is 284 g/mol. The van der Waals surface area contributed by atoms with E-state index in [1.165, 1.54) is 6.92 Å². The van der Waals surface area contributed by atoms with Crippen LogP contribution in [0.5, 0.6) is 5.75 Å². The van der Waals surface area contributed by atoms with Crippen LogP contribution in [0, 0.1) is 0 Å². The molecule has 0 aliphatic rings. The summed E-state index contributed by atoms with van der Waals surface area (Å²) >= 11 is 0. The van der Waals surface area contributed by atoms with Gasteiger partial charge in [0.15, 0.2) is 0 Å². The van der Waals surface area contributed by atoms with Crippen LogP contribution in [-0.4, -0.2) is 11.8 Å². The number of nitrogens with two attached hydrogens (primary N) is 1. The first-order chi connectivity index (χ1) is 10.0. The van der Waals surface area contributed by atoms with Crippen molar-refractivity contribution in [1.82, 2.24) is 0 Å². The van der Waals surface area contributed by atoms with Crippen LogP contribution in [0.2, 0.25) is 0 Å². The smallest absolute Gasteiger partial charge is 0.248 e. The predicted molar refractivity (Wildman–Crippen MR) is 80.0 cm³/mol. The van der Waals surface area contributed by atoms with Gasteiger partial charge in [-0.2, -0.15) is 0 Å². The van der Waals surface area contributed by atoms with E-state index in [0.29, 0.717) is 17.9 Å². The average Bonchev–Trinajstić information content (AvgIpc) is 2.46. The summed E-state index contributed by atoms with van der Waals surface area (Å²) in [6.45, 7) is 1.82. The van der Waals surface area contributed by atoms with Crippen molar-refractivity contribution < 1.29 is 14.3 Å². The summed E-state index contributed by atoms with van der Waals surface area (Å²) in [5, 5.41) is 2.69. The SMILES string of the molecule is CC(=O)Nc1ccc(COc2cccc(C(N)=O)c2)cc1. The van der Waals surface area contributed by atoms with Gasteiger partial charge >= 0.3 is 0 Å². The third-order valence-electron chi connectivity index (χ3n) is 2.80. The Bertz CT molecular complexity index is 651. The van der Waals surface area contributed by atoms with E-state index in [-0.39, 0.29) is 5.91 Å². The second-order valence-electron chi connectivity index (χ2n) is 4.56. The van der Waals surface area contributed by atoms with E-state index < -0.39 is 5.91 Å². The normalized spacial score (nSPS) is 9.95. The van der Waals surface area contributed by atoms with E-state index in [0.717, 1.165) is 11.3 Å². The lowest BCUT2D eigenvalue weighted by molar-refractivity contribution is -0.114. The molecule has 108 valence electrons. The molecule has 2 rings (SSSR count). The molecular weight excluding hydrogens is 268 g/mol. The Morgan fingerprint density at radius 3 is 2.48 bits per heavy atom. The van der Waals surface area contributed by atoms with Gasteiger partial charge in [0.05, 0.1) is 0 Å². The third kappa shape index (κ3) is 4.35. The van der Waals surface area contributed by atoms with Crippen molar-refractivity contribution in [3.05, 3.63) is 59.7 Å². The fourth-order valence-electron chi connectivity index (χ4n) is 1.79. The van der Waals surface area contributed by atoms with Crippen molar-refractivity contribution in [3.8, 4) is 5.75 Å². The lowest BCUT2D eigenvalue weighted by Crippen LogP contribution is -2.10. The predicted octanol–water partition coefficient (Wildman–Crippen LogP) is 2.32. The third-order valence-corrected chi connectivity index (χ3v) is 2.80. The summed E-state index contributed by atoms with van der Waals surface area (Å²) in [5.74, 6) is -0.0142. The number of benzene rings is 2. The number of hydrogen-bond donors (Lipinski definition) is 2. The lowest BCUT2D eigenvalue weighted by atomic mass is 10.2. The number of carbonyl (C=O) groups is 2. The molecule has 0 radical (unpaired) electrons. The first-order valence-corrected chi connectivity index (χ1v) is 6.44. The van der Waals surface area contributed by atoms with E-state index in [1.54, 1.807) is 36.4 Å². The van der Waals surface area contributed by atoms with Gasteiger partial charge in [-0.25, -0.2) is 0 Å². The lowest BCUT2D eigenvalue weighted by Gasteiger charge is -2.08. The van der Waals surface area contributed by atoms with Gasteiger partial charge in [0.1, 0.15) is 12.4 Å². The molecule has 0 spiro atoms. The number of anilines is 1. The quantitative estimate of drug-likeness (QED) is 0.884. The summed E-state index contributed by atoms with van der Waals surface area (Å²) in [6.07, 6.45) is 0. The van der Waals surface area contributed by atoms with E-state index in [4.69, 9.17) is 10.5 Å². The van der Waals surface area contributed by atoms with Gasteiger partial charge in [0, 0.05) is 18.2 Å². The Morgan fingerprint density at radius 2 is 1.86 bits per heavy atom. The number of primary amides is 1. The minimum absolute atomic E-state index is 0.109. The second-order valence-corrected chi connectivity index (χ2v) is 4.56. The zero-order valence-electron chi connectivity index (χ0n) is 11.6. The van der Waals surface area contributed by atoms with Crippen LogP contribution >= 0.6 is 0 Å². The molecule has 5 nitrogen and oxygen atoms in total. The number of hydrogen-bond acceptors (Lipinski definition) is 3. The van der Waals surface area contributed by atoms with Crippen molar-refractivity contribution in [2.24, 2.45) is 5.73 Å². The van der Waals surface area contributed by atoms with E-state index in [9.17, 15) is 9.59 Å². The molecule has 0 fully saturated rings. The fourth-order valence-corrected chi connectivity index (χ4v) is 1.79. The van der Waals surface area contributed by atoms with Gasteiger partial charge in [0.2, 0.25) is 11.8 Å². The Kier molecular flexibility index (Phi) is 4.56. The molecule has 0 heterocycles. The molecule has 0 aliphatic carbocycles. The number of rotatable bonds is 5. The number of carbonyl (C=O) groups excluding carboxylic acids is 2. The van der Waals surface area contributed by atoms with Crippen molar-refractivity contribution in [2.75, 3.05) is 5.32 Å². The maximum atomic E-state index is 11.1. The van der Waals surface area contributed by atoms with Crippen molar-refractivity contribution >= 4 is 17.5 Å². The highest BCUT2D eigenvalue weighted by Crippen LogP contribution is 2.16. The van der Waals surface area contributed by atoms with Gasteiger partial charge in [-0.1, -0.05) is 18.2 Å². The van der Waals surface area contributed by atoms with Crippen LogP contribution in [-0.2, 0) is 11.4 Å². The summed E-state index contributed by atoms with van der Waals surface area (Å²) < 4.78 is 5.61. The highest BCUT2D eigenvalue weighted by Gasteiger charge is 2.02. The van der Waals surface area contributed by atoms with Gasteiger partial charge in [-0.05, 0) is 35.9 Å². The standard InChI is InChI=1S/C16H16N2O3/c1-11(19)18-14-7-5-12(6-8-14)10-21-15-4-2-3-13(9-15)16(17)20/h2-9H,10H2,1H3,(H2,17,20)(H,18,19). The maximum Gasteiger partial charge on any atom is 0.248 e. The van der Waals surface area contributed by atoms with E-state index in [1.807, 2.05) is 12.1 Å². The first kappa shape index (κ1) is 14.6. The molecule has 2 aromatic carbocycles. The molecule has 0 atom stereocenters. The first-order valence-electron chi connectivity index (χ1n) is 6.44. The molecule has 0 bridgehead atoms. The molecular formula is C16H16N2O3. The summed E-state index contributed by atoms with van der Waals surface area (Å²) in [5.41, 5.74) is 7.32. The summed E-state index contributed by atoms with van der Waals surface area (Å²) in [6, 6.07) is 14.1. The van der Waals surface area contributed by atoms with E-state index >= 15 is 0 Å². The molecule has 0 aromatic heterocycles. The minimum Gasteiger partial charge on any atom is -0.489 e. The Hall–Kier alpha value is -2.82. The van der Waals surface area contributed by atoms with Gasteiger partial charge in [-0.3, -0.25) is 9.59 Å². The van der Waals surface area contributed by atoms with Crippen LogP contribution in [0.15, 0.2) is 48.5 Å². The Balaban J connectivity index is 1.98. The molecule has 2 aromatic rings. The highest BCUT2D eigenvalue weighted by molar-refractivity contribution is 5.93. The zero-order valence-corrected chi connectivity index (χ0v) is 11.6. The van der Waals surface area contributed by atoms with Crippen LogP contribution in [0.3, 0.4) is 0 Å². The molecule has 0 aliphatic heterocycles. The molecule has 3 N–H and O–H groups in total. The van der Waals surface area contributed by atoms with Crippen molar-refractivity contribution in [1.29, 1.82) is 0 Å². The molecule has 5 heteroatoms. The zero-order chi connectivity index (χ0) is 15.2. The van der Waals surface area contributed by atoms with Crippen LogP contribution in [0.4, 0.5) is 5.69 Å². The minimum atomic E-state index is -0.486. The fraction of sp³-hybridized carbons (Fsp3) is 0.125. The maximum absolute atomic E-state index is 11.1. The monoisotopic (exact) mass is 284 g/mol. The van der Waals surface area contributed by atoms with Gasteiger partial charge in [0.25, 0.3) is 0 Å². The molecule has 2 amide bonds. The second kappa shape index (κ2) is 6.56.